The number of anilines is 2. The summed E-state index contributed by atoms with van der Waals surface area (Å²) in [6, 6.07) is 20.0. The summed E-state index contributed by atoms with van der Waals surface area (Å²) in [4.78, 5) is 16.0. The van der Waals surface area contributed by atoms with Crippen LogP contribution in [-0.4, -0.2) is 57.6 Å². The van der Waals surface area contributed by atoms with E-state index < -0.39 is 0 Å². The zero-order valence-electron chi connectivity index (χ0n) is 19.1. The highest BCUT2D eigenvalue weighted by atomic mass is 35.5. The first kappa shape index (κ1) is 21.3. The molecule has 1 aliphatic heterocycles. The number of halogens is 1. The first-order chi connectivity index (χ1) is 17.1. The van der Waals surface area contributed by atoms with E-state index in [2.05, 4.69) is 26.6 Å². The second kappa shape index (κ2) is 8.52. The Kier molecular flexibility index (Phi) is 5.18. The lowest BCUT2D eigenvalue weighted by Gasteiger charge is -2.21. The van der Waals surface area contributed by atoms with Gasteiger partial charge in [-0.25, -0.2) is 9.38 Å². The van der Waals surface area contributed by atoms with E-state index in [-0.39, 0.29) is 5.28 Å². The molecular weight excluding hydrogens is 464 g/mol. The van der Waals surface area contributed by atoms with E-state index >= 15 is 0 Å². The fraction of sp³-hybridized carbons (Fsp3) is 0.160. The minimum Gasteiger partial charge on any atom is -0.480 e. The number of hydrogen-bond acceptors (Lipinski definition) is 8. The molecule has 10 heteroatoms. The number of nitrogens with zero attached hydrogens (tertiary/aromatic N) is 7. The van der Waals surface area contributed by atoms with Crippen molar-refractivity contribution >= 4 is 45.6 Å². The van der Waals surface area contributed by atoms with Gasteiger partial charge in [-0.05, 0) is 48.0 Å². The Balaban J connectivity index is 1.42. The molecule has 3 aromatic heterocycles. The molecule has 0 bridgehead atoms. The molecule has 174 valence electrons. The molecule has 1 aliphatic rings. The summed E-state index contributed by atoms with van der Waals surface area (Å²) in [6.07, 6.45) is 0. The highest BCUT2D eigenvalue weighted by Crippen LogP contribution is 2.33. The van der Waals surface area contributed by atoms with Gasteiger partial charge in [-0.3, -0.25) is 4.99 Å². The summed E-state index contributed by atoms with van der Waals surface area (Å²) in [5, 5.41) is 12.6. The number of para-hydroxylation sites is 1. The molecule has 4 heterocycles. The molecule has 2 aromatic carbocycles. The van der Waals surface area contributed by atoms with E-state index in [4.69, 9.17) is 26.3 Å². The molecule has 0 radical (unpaired) electrons. The third-order valence-electron chi connectivity index (χ3n) is 6.03. The van der Waals surface area contributed by atoms with Gasteiger partial charge in [0, 0.05) is 30.2 Å². The summed E-state index contributed by atoms with van der Waals surface area (Å²) in [5.41, 5.74) is 4.45. The number of hydrogen-bond donors (Lipinski definition) is 1. The molecule has 5 aromatic rings. The molecule has 0 saturated heterocycles. The van der Waals surface area contributed by atoms with Crippen LogP contribution in [0, 0.1) is 0 Å². The Morgan fingerprint density at radius 3 is 2.74 bits per heavy atom. The summed E-state index contributed by atoms with van der Waals surface area (Å²) in [7, 11) is 3.60. The Labute approximate surface area is 206 Å². The second-order valence-corrected chi connectivity index (χ2v) is 8.41. The number of fused-ring (bicyclic) bond motifs is 3. The molecule has 0 fully saturated rings. The number of amidine groups is 1. The predicted molar refractivity (Wildman–Crippen MR) is 137 cm³/mol. The van der Waals surface area contributed by atoms with Crippen molar-refractivity contribution in [2.45, 2.75) is 0 Å². The van der Waals surface area contributed by atoms with Crippen molar-refractivity contribution in [2.24, 2.45) is 4.99 Å². The molecule has 9 nitrogen and oxygen atoms in total. The fourth-order valence-corrected chi connectivity index (χ4v) is 4.52. The number of rotatable bonds is 5. The fourth-order valence-electron chi connectivity index (χ4n) is 4.32. The predicted octanol–water partition coefficient (Wildman–Crippen LogP) is 4.12. The van der Waals surface area contributed by atoms with Crippen molar-refractivity contribution in [2.75, 3.05) is 32.1 Å². The van der Waals surface area contributed by atoms with Gasteiger partial charge in [0.15, 0.2) is 0 Å². The maximum absolute atomic E-state index is 6.27. The van der Waals surface area contributed by atoms with Gasteiger partial charge in [0.05, 0.1) is 30.4 Å². The molecular formula is C25H21ClN8O. The van der Waals surface area contributed by atoms with Gasteiger partial charge in [0.25, 0.3) is 5.78 Å². The highest BCUT2D eigenvalue weighted by molar-refractivity contribution is 6.29. The SMILES string of the molecule is COc1nc(-c2cccc(N(C)c3nc4nnc(Cl)n4c4ccccc34)c2)ccc1C1=NCCN1. The molecule has 1 N–H and O–H groups in total. The van der Waals surface area contributed by atoms with Crippen molar-refractivity contribution in [1.82, 2.24) is 29.9 Å². The summed E-state index contributed by atoms with van der Waals surface area (Å²) < 4.78 is 7.32. The third-order valence-corrected chi connectivity index (χ3v) is 6.27. The van der Waals surface area contributed by atoms with E-state index in [0.29, 0.717) is 11.7 Å². The van der Waals surface area contributed by atoms with E-state index in [1.807, 2.05) is 66.5 Å². The summed E-state index contributed by atoms with van der Waals surface area (Å²) in [6.45, 7) is 1.58. The van der Waals surface area contributed by atoms with Gasteiger partial charge in [0.2, 0.25) is 11.2 Å². The maximum Gasteiger partial charge on any atom is 0.258 e. The Hall–Kier alpha value is -4.24. The molecule has 0 unspecified atom stereocenters. The van der Waals surface area contributed by atoms with Gasteiger partial charge in [0.1, 0.15) is 11.7 Å². The van der Waals surface area contributed by atoms with Crippen LogP contribution in [0.5, 0.6) is 5.88 Å². The van der Waals surface area contributed by atoms with Crippen LogP contribution in [-0.2, 0) is 0 Å². The molecule has 0 amide bonds. The highest BCUT2D eigenvalue weighted by Gasteiger charge is 2.18. The summed E-state index contributed by atoms with van der Waals surface area (Å²) in [5.74, 6) is 2.55. The summed E-state index contributed by atoms with van der Waals surface area (Å²) >= 11 is 6.27. The van der Waals surface area contributed by atoms with E-state index in [1.54, 1.807) is 11.5 Å². The largest absolute Gasteiger partial charge is 0.480 e. The number of benzene rings is 2. The molecule has 0 saturated carbocycles. The number of nitrogens with one attached hydrogen (secondary N) is 1. The number of pyridine rings is 1. The van der Waals surface area contributed by atoms with E-state index in [1.165, 1.54) is 0 Å². The number of methoxy groups -OCH3 is 1. The minimum atomic E-state index is 0.280. The van der Waals surface area contributed by atoms with Gasteiger partial charge >= 0.3 is 0 Å². The quantitative estimate of drug-likeness (QED) is 0.401. The first-order valence-electron chi connectivity index (χ1n) is 11.1. The lowest BCUT2D eigenvalue weighted by molar-refractivity contribution is 0.397. The van der Waals surface area contributed by atoms with Crippen LogP contribution in [0.15, 0.2) is 65.7 Å². The lowest BCUT2D eigenvalue weighted by atomic mass is 10.1. The first-order valence-corrected chi connectivity index (χ1v) is 11.5. The van der Waals surface area contributed by atoms with Gasteiger partial charge in [-0.2, -0.15) is 4.98 Å². The normalized spacial score (nSPS) is 13.2. The van der Waals surface area contributed by atoms with Crippen LogP contribution in [0.2, 0.25) is 5.28 Å². The molecule has 35 heavy (non-hydrogen) atoms. The van der Waals surface area contributed by atoms with Crippen LogP contribution in [0.3, 0.4) is 0 Å². The van der Waals surface area contributed by atoms with E-state index in [9.17, 15) is 0 Å². The zero-order chi connectivity index (χ0) is 23.9. The monoisotopic (exact) mass is 484 g/mol. The second-order valence-electron chi connectivity index (χ2n) is 8.08. The smallest absolute Gasteiger partial charge is 0.258 e. The Bertz CT molecular complexity index is 1610. The third kappa shape index (κ3) is 3.60. The number of ether oxygens (including phenoxy) is 1. The van der Waals surface area contributed by atoms with E-state index in [0.717, 1.165) is 58.2 Å². The van der Waals surface area contributed by atoms with Crippen LogP contribution in [0.25, 0.3) is 27.9 Å². The molecule has 0 aliphatic carbocycles. The zero-order valence-corrected chi connectivity index (χ0v) is 19.9. The topological polar surface area (TPSA) is 92.8 Å². The van der Waals surface area contributed by atoms with Crippen molar-refractivity contribution in [3.05, 3.63) is 71.5 Å². The van der Waals surface area contributed by atoms with Gasteiger partial charge < -0.3 is 15.0 Å². The standard InChI is InChI=1S/C25H21ClN8O/c1-33(22-17-8-3-4-9-20(17)34-24(26)31-32-25(34)30-22)16-7-5-6-15(14-16)19-11-10-18(23(29-19)35-2)21-27-12-13-28-21/h3-11,14H,12-13H2,1-2H3,(H,27,28). The van der Waals surface area contributed by atoms with Crippen molar-refractivity contribution in [3.63, 3.8) is 0 Å². The van der Waals surface area contributed by atoms with Crippen molar-refractivity contribution in [1.29, 1.82) is 0 Å². The Morgan fingerprint density at radius 2 is 1.91 bits per heavy atom. The van der Waals surface area contributed by atoms with Gasteiger partial charge in [-0.1, -0.05) is 24.3 Å². The van der Waals surface area contributed by atoms with Crippen LogP contribution in [0.4, 0.5) is 11.5 Å². The maximum atomic E-state index is 6.27. The van der Waals surface area contributed by atoms with Crippen molar-refractivity contribution < 1.29 is 4.74 Å². The van der Waals surface area contributed by atoms with Crippen LogP contribution in [0.1, 0.15) is 5.56 Å². The lowest BCUT2D eigenvalue weighted by Crippen LogP contribution is -2.20. The van der Waals surface area contributed by atoms with Crippen LogP contribution < -0.4 is 15.0 Å². The number of aromatic nitrogens is 5. The number of aliphatic imine (C=N–C) groups is 1. The van der Waals surface area contributed by atoms with Gasteiger partial charge in [-0.15, -0.1) is 10.2 Å². The minimum absolute atomic E-state index is 0.280. The molecule has 0 atom stereocenters. The van der Waals surface area contributed by atoms with Crippen LogP contribution >= 0.6 is 11.6 Å². The van der Waals surface area contributed by atoms with Crippen molar-refractivity contribution in [3.8, 4) is 17.1 Å². The Morgan fingerprint density at radius 1 is 1.03 bits per heavy atom. The molecule has 0 spiro atoms. The average Bonchev–Trinajstić information content (AvgIpc) is 3.58. The average molecular weight is 485 g/mol. The molecule has 6 rings (SSSR count).